The van der Waals surface area contributed by atoms with Crippen LogP contribution in [-0.2, 0) is 6.54 Å². The van der Waals surface area contributed by atoms with E-state index in [1.165, 1.54) is 18.4 Å². The number of piperidine rings is 3. The van der Waals surface area contributed by atoms with Crippen molar-refractivity contribution in [1.29, 1.82) is 0 Å². The molecule has 2 N–H and O–H groups in total. The summed E-state index contributed by atoms with van der Waals surface area (Å²) in [6.45, 7) is 5.19. The van der Waals surface area contributed by atoms with Crippen molar-refractivity contribution in [2.75, 3.05) is 38.5 Å². The van der Waals surface area contributed by atoms with E-state index in [1.54, 1.807) is 0 Å². The SMILES string of the molecule is CN(Cc1ccccc1)CC1CN2CCC1CC2CNC(=O)Nc1ccccc1. The van der Waals surface area contributed by atoms with Gasteiger partial charge in [-0.2, -0.15) is 0 Å². The van der Waals surface area contributed by atoms with E-state index in [9.17, 15) is 4.79 Å². The zero-order chi connectivity index (χ0) is 20.1. The van der Waals surface area contributed by atoms with Gasteiger partial charge in [0.25, 0.3) is 0 Å². The van der Waals surface area contributed by atoms with Gasteiger partial charge in [0.15, 0.2) is 0 Å². The Morgan fingerprint density at radius 2 is 1.83 bits per heavy atom. The molecule has 154 valence electrons. The van der Waals surface area contributed by atoms with Gasteiger partial charge >= 0.3 is 6.03 Å². The molecule has 3 heterocycles. The summed E-state index contributed by atoms with van der Waals surface area (Å²) in [6, 6.07) is 20.7. The van der Waals surface area contributed by atoms with Crippen LogP contribution in [0.15, 0.2) is 60.7 Å². The van der Waals surface area contributed by atoms with E-state index in [-0.39, 0.29) is 6.03 Å². The van der Waals surface area contributed by atoms with E-state index in [0.29, 0.717) is 6.04 Å². The normalized spacial score (nSPS) is 25.7. The molecule has 5 rings (SSSR count). The highest BCUT2D eigenvalue weighted by atomic mass is 16.2. The molecule has 5 nitrogen and oxygen atoms in total. The topological polar surface area (TPSA) is 47.6 Å². The predicted octanol–water partition coefficient (Wildman–Crippen LogP) is 3.65. The summed E-state index contributed by atoms with van der Waals surface area (Å²) >= 11 is 0. The number of nitrogens with zero attached hydrogens (tertiary/aromatic N) is 2. The van der Waals surface area contributed by atoms with Gasteiger partial charge < -0.3 is 15.5 Å². The molecular weight excluding hydrogens is 360 g/mol. The molecule has 0 aliphatic carbocycles. The van der Waals surface area contributed by atoms with Crippen molar-refractivity contribution < 1.29 is 4.79 Å². The molecule has 0 radical (unpaired) electrons. The number of hydrogen-bond donors (Lipinski definition) is 2. The maximum Gasteiger partial charge on any atom is 0.319 e. The lowest BCUT2D eigenvalue weighted by molar-refractivity contribution is -0.00889. The quantitative estimate of drug-likeness (QED) is 0.756. The molecule has 4 unspecified atom stereocenters. The Hall–Kier alpha value is -2.37. The lowest BCUT2D eigenvalue weighted by Crippen LogP contribution is -2.58. The Balaban J connectivity index is 1.23. The number of amides is 2. The molecular formula is C24H32N4O. The third kappa shape index (κ3) is 5.37. The Morgan fingerprint density at radius 3 is 2.52 bits per heavy atom. The summed E-state index contributed by atoms with van der Waals surface area (Å²) in [4.78, 5) is 17.2. The Kier molecular flexibility index (Phi) is 6.47. The van der Waals surface area contributed by atoms with E-state index in [0.717, 1.165) is 50.2 Å². The zero-order valence-electron chi connectivity index (χ0n) is 17.3. The Bertz CT molecular complexity index is 782. The first-order chi connectivity index (χ1) is 14.2. The number of nitrogens with one attached hydrogen (secondary N) is 2. The third-order valence-electron chi connectivity index (χ3n) is 6.39. The van der Waals surface area contributed by atoms with Crippen molar-refractivity contribution in [2.24, 2.45) is 11.8 Å². The molecule has 2 aromatic rings. The van der Waals surface area contributed by atoms with Gasteiger partial charge in [-0.1, -0.05) is 48.5 Å². The van der Waals surface area contributed by atoms with Gasteiger partial charge in [0.2, 0.25) is 0 Å². The first kappa shape index (κ1) is 19.9. The fraction of sp³-hybridized carbons (Fsp3) is 0.458. The van der Waals surface area contributed by atoms with Crippen molar-refractivity contribution >= 4 is 11.7 Å². The highest BCUT2D eigenvalue weighted by Gasteiger charge is 2.40. The largest absolute Gasteiger partial charge is 0.336 e. The number of benzene rings is 2. The minimum absolute atomic E-state index is 0.113. The van der Waals surface area contributed by atoms with Gasteiger partial charge in [-0.15, -0.1) is 0 Å². The van der Waals surface area contributed by atoms with Crippen LogP contribution < -0.4 is 10.6 Å². The number of rotatable bonds is 7. The molecule has 3 aliphatic rings. The predicted molar refractivity (Wildman–Crippen MR) is 118 cm³/mol. The number of para-hydroxylation sites is 1. The van der Waals surface area contributed by atoms with Crippen LogP contribution in [0.2, 0.25) is 0 Å². The number of fused-ring (bicyclic) bond motifs is 3. The molecule has 0 saturated carbocycles. The van der Waals surface area contributed by atoms with Crippen LogP contribution in [0.25, 0.3) is 0 Å². The lowest BCUT2D eigenvalue weighted by Gasteiger charge is -2.50. The van der Waals surface area contributed by atoms with Crippen LogP contribution in [0.5, 0.6) is 0 Å². The molecule has 0 spiro atoms. The second-order valence-corrected chi connectivity index (χ2v) is 8.58. The van der Waals surface area contributed by atoms with Crippen LogP contribution in [0.4, 0.5) is 10.5 Å². The van der Waals surface area contributed by atoms with E-state index < -0.39 is 0 Å². The van der Waals surface area contributed by atoms with E-state index in [2.05, 4.69) is 57.8 Å². The van der Waals surface area contributed by atoms with Gasteiger partial charge in [-0.05, 0) is 56.0 Å². The number of carbonyl (C=O) groups excluding carboxylic acids is 1. The van der Waals surface area contributed by atoms with Crippen LogP contribution in [-0.4, -0.2) is 55.1 Å². The first-order valence-electron chi connectivity index (χ1n) is 10.7. The standard InChI is InChI=1S/C24H32N4O/c1-27(16-19-8-4-2-5-9-19)17-21-18-28-13-12-20(21)14-23(28)15-25-24(29)26-22-10-6-3-7-11-22/h2-11,20-21,23H,12-18H2,1H3,(H2,25,26,29). The van der Waals surface area contributed by atoms with E-state index in [4.69, 9.17) is 0 Å². The molecule has 3 aliphatic heterocycles. The highest BCUT2D eigenvalue weighted by molar-refractivity contribution is 5.89. The van der Waals surface area contributed by atoms with Gasteiger partial charge in [0, 0.05) is 37.9 Å². The maximum atomic E-state index is 12.2. The molecule has 3 saturated heterocycles. The summed E-state index contributed by atoms with van der Waals surface area (Å²) in [5, 5.41) is 5.98. The molecule has 4 atom stereocenters. The van der Waals surface area contributed by atoms with Gasteiger partial charge in [0.1, 0.15) is 0 Å². The van der Waals surface area contributed by atoms with Crippen molar-refractivity contribution in [3.05, 3.63) is 66.2 Å². The van der Waals surface area contributed by atoms with Crippen LogP contribution >= 0.6 is 0 Å². The molecule has 2 aromatic carbocycles. The fourth-order valence-corrected chi connectivity index (χ4v) is 4.94. The molecule has 5 heteroatoms. The molecule has 3 fully saturated rings. The van der Waals surface area contributed by atoms with Crippen LogP contribution in [0.3, 0.4) is 0 Å². The minimum Gasteiger partial charge on any atom is -0.336 e. The average molecular weight is 393 g/mol. The van der Waals surface area contributed by atoms with Crippen LogP contribution in [0, 0.1) is 11.8 Å². The Labute approximate surface area is 174 Å². The maximum absolute atomic E-state index is 12.2. The monoisotopic (exact) mass is 392 g/mol. The molecule has 2 bridgehead atoms. The first-order valence-corrected chi connectivity index (χ1v) is 10.7. The second kappa shape index (κ2) is 9.42. The van der Waals surface area contributed by atoms with Gasteiger partial charge in [-0.25, -0.2) is 4.79 Å². The van der Waals surface area contributed by atoms with Crippen molar-refractivity contribution in [3.8, 4) is 0 Å². The van der Waals surface area contributed by atoms with Gasteiger partial charge in [-0.3, -0.25) is 4.90 Å². The van der Waals surface area contributed by atoms with Crippen molar-refractivity contribution in [1.82, 2.24) is 15.1 Å². The smallest absolute Gasteiger partial charge is 0.319 e. The molecule has 2 amide bonds. The highest BCUT2D eigenvalue weighted by Crippen LogP contribution is 2.36. The van der Waals surface area contributed by atoms with Crippen molar-refractivity contribution in [2.45, 2.75) is 25.4 Å². The Morgan fingerprint density at radius 1 is 1.10 bits per heavy atom. The van der Waals surface area contributed by atoms with Crippen LogP contribution in [0.1, 0.15) is 18.4 Å². The summed E-state index contributed by atoms with van der Waals surface area (Å²) in [7, 11) is 2.23. The summed E-state index contributed by atoms with van der Waals surface area (Å²) in [6.07, 6.45) is 2.48. The van der Waals surface area contributed by atoms with E-state index in [1.807, 2.05) is 30.3 Å². The number of hydrogen-bond acceptors (Lipinski definition) is 3. The fourth-order valence-electron chi connectivity index (χ4n) is 4.94. The number of urea groups is 1. The average Bonchev–Trinajstić information content (AvgIpc) is 2.74. The second-order valence-electron chi connectivity index (χ2n) is 8.58. The summed E-state index contributed by atoms with van der Waals surface area (Å²) < 4.78 is 0. The minimum atomic E-state index is -0.113. The lowest BCUT2D eigenvalue weighted by atomic mass is 9.75. The molecule has 0 aromatic heterocycles. The summed E-state index contributed by atoms with van der Waals surface area (Å²) in [5.74, 6) is 1.49. The molecule has 29 heavy (non-hydrogen) atoms. The zero-order valence-corrected chi connectivity index (χ0v) is 17.3. The third-order valence-corrected chi connectivity index (χ3v) is 6.39. The van der Waals surface area contributed by atoms with Crippen molar-refractivity contribution in [3.63, 3.8) is 0 Å². The number of carbonyl (C=O) groups is 1. The summed E-state index contributed by atoms with van der Waals surface area (Å²) in [5.41, 5.74) is 2.21. The number of anilines is 1. The van der Waals surface area contributed by atoms with E-state index >= 15 is 0 Å². The van der Waals surface area contributed by atoms with Gasteiger partial charge in [0.05, 0.1) is 0 Å².